The van der Waals surface area contributed by atoms with Gasteiger partial charge in [-0.15, -0.1) is 11.3 Å². The molecule has 0 aliphatic heterocycles. The van der Waals surface area contributed by atoms with Crippen LogP contribution in [0.15, 0.2) is 69.2 Å². The molecule has 1 heteroatoms. The molecule has 0 N–H and O–H groups in total. The van der Waals surface area contributed by atoms with Crippen LogP contribution in [0.1, 0.15) is 39.0 Å². The van der Waals surface area contributed by atoms with E-state index in [2.05, 4.69) is 69.5 Å². The predicted octanol–water partition coefficient (Wildman–Crippen LogP) is 6.32. The summed E-state index contributed by atoms with van der Waals surface area (Å²) in [6.07, 6.45) is 10.4. The lowest BCUT2D eigenvalue weighted by atomic mass is 9.97. The molecule has 0 unspecified atom stereocenters. The highest BCUT2D eigenvalue weighted by atomic mass is 32.1. The molecule has 0 radical (unpaired) electrons. The Morgan fingerprint density at radius 2 is 2.00 bits per heavy atom. The van der Waals surface area contributed by atoms with Gasteiger partial charge in [-0.1, -0.05) is 43.7 Å². The van der Waals surface area contributed by atoms with Crippen molar-refractivity contribution >= 4 is 17.4 Å². The lowest BCUT2D eigenvalue weighted by Gasteiger charge is -2.08. The van der Waals surface area contributed by atoms with Gasteiger partial charge in [0.2, 0.25) is 0 Å². The molecule has 0 atom stereocenters. The van der Waals surface area contributed by atoms with E-state index in [0.717, 1.165) is 6.42 Å². The SMILES string of the molecule is CC1=C2C(=C(C)C/C2=C\c2cccs2)C=C(C(C)C)C=C1. The molecular formula is C20H22S. The van der Waals surface area contributed by atoms with Crippen LogP contribution in [-0.4, -0.2) is 0 Å². The first kappa shape index (κ1) is 14.3. The minimum Gasteiger partial charge on any atom is -0.144 e. The van der Waals surface area contributed by atoms with Gasteiger partial charge in [0.25, 0.3) is 0 Å². The van der Waals surface area contributed by atoms with E-state index < -0.39 is 0 Å². The normalized spacial score (nSPS) is 20.4. The molecule has 108 valence electrons. The fourth-order valence-corrected chi connectivity index (χ4v) is 3.75. The van der Waals surface area contributed by atoms with Crippen molar-refractivity contribution in [3.05, 3.63) is 74.1 Å². The third-order valence-electron chi connectivity index (χ3n) is 4.26. The Hall–Kier alpha value is -1.60. The molecule has 21 heavy (non-hydrogen) atoms. The third-order valence-corrected chi connectivity index (χ3v) is 5.08. The van der Waals surface area contributed by atoms with Crippen LogP contribution in [0, 0.1) is 5.92 Å². The van der Waals surface area contributed by atoms with E-state index in [9.17, 15) is 0 Å². The average molecular weight is 294 g/mol. The fourth-order valence-electron chi connectivity index (χ4n) is 3.06. The van der Waals surface area contributed by atoms with Crippen molar-refractivity contribution in [2.75, 3.05) is 0 Å². The van der Waals surface area contributed by atoms with Crippen LogP contribution >= 0.6 is 11.3 Å². The minimum absolute atomic E-state index is 0.569. The van der Waals surface area contributed by atoms with Crippen LogP contribution < -0.4 is 0 Å². The Bertz CT molecular complexity index is 701. The quantitative estimate of drug-likeness (QED) is 0.598. The van der Waals surface area contributed by atoms with Gasteiger partial charge in [-0.05, 0) is 71.6 Å². The summed E-state index contributed by atoms with van der Waals surface area (Å²) in [6.45, 7) is 9.05. The summed E-state index contributed by atoms with van der Waals surface area (Å²) < 4.78 is 0. The molecule has 0 nitrogen and oxygen atoms in total. The number of hydrogen-bond donors (Lipinski definition) is 0. The molecule has 1 aromatic rings. The average Bonchev–Trinajstić information content (AvgIpc) is 2.98. The molecule has 0 bridgehead atoms. The summed E-state index contributed by atoms with van der Waals surface area (Å²) in [6, 6.07) is 4.32. The molecule has 2 aliphatic carbocycles. The molecule has 0 spiro atoms. The molecule has 0 saturated carbocycles. The molecule has 3 rings (SSSR count). The summed E-state index contributed by atoms with van der Waals surface area (Å²) in [7, 11) is 0. The lowest BCUT2D eigenvalue weighted by Crippen LogP contribution is -1.91. The highest BCUT2D eigenvalue weighted by Gasteiger charge is 2.23. The Labute approximate surface area is 131 Å². The van der Waals surface area contributed by atoms with Gasteiger partial charge in [0.15, 0.2) is 0 Å². The summed E-state index contributed by atoms with van der Waals surface area (Å²) in [5.41, 5.74) is 8.67. The van der Waals surface area contributed by atoms with Crippen LogP contribution in [0.25, 0.3) is 6.08 Å². The van der Waals surface area contributed by atoms with Gasteiger partial charge in [-0.25, -0.2) is 0 Å². The Morgan fingerprint density at radius 3 is 2.67 bits per heavy atom. The van der Waals surface area contributed by atoms with Gasteiger partial charge in [0, 0.05) is 4.88 Å². The van der Waals surface area contributed by atoms with Gasteiger partial charge in [-0.2, -0.15) is 0 Å². The Kier molecular flexibility index (Phi) is 3.86. The maximum Gasteiger partial charge on any atom is 0.0273 e. The van der Waals surface area contributed by atoms with Crippen LogP contribution in [0.5, 0.6) is 0 Å². The monoisotopic (exact) mass is 294 g/mol. The predicted molar refractivity (Wildman–Crippen MR) is 94.4 cm³/mol. The summed E-state index contributed by atoms with van der Waals surface area (Å²) in [5.74, 6) is 0.569. The van der Waals surface area contributed by atoms with E-state index in [0.29, 0.717) is 5.92 Å². The topological polar surface area (TPSA) is 0 Å². The van der Waals surface area contributed by atoms with Gasteiger partial charge < -0.3 is 0 Å². The first-order valence-corrected chi connectivity index (χ1v) is 8.49. The fraction of sp³-hybridized carbons (Fsp3) is 0.300. The number of allylic oxidation sites excluding steroid dienone is 9. The van der Waals surface area contributed by atoms with Gasteiger partial charge in [0.05, 0.1) is 0 Å². The number of thiophene rings is 1. The van der Waals surface area contributed by atoms with Crippen molar-refractivity contribution in [1.29, 1.82) is 0 Å². The van der Waals surface area contributed by atoms with Gasteiger partial charge in [0.1, 0.15) is 0 Å². The van der Waals surface area contributed by atoms with Crippen molar-refractivity contribution in [3.63, 3.8) is 0 Å². The molecule has 0 saturated heterocycles. The second-order valence-electron chi connectivity index (χ2n) is 6.25. The number of rotatable bonds is 2. The summed E-state index contributed by atoms with van der Waals surface area (Å²) >= 11 is 1.81. The molecule has 0 amide bonds. The van der Waals surface area contributed by atoms with Crippen molar-refractivity contribution in [2.45, 2.75) is 34.1 Å². The van der Waals surface area contributed by atoms with Crippen molar-refractivity contribution in [1.82, 2.24) is 0 Å². The molecule has 1 aromatic heterocycles. The maximum atomic E-state index is 2.40. The molecule has 0 aromatic carbocycles. The molecular weight excluding hydrogens is 272 g/mol. The van der Waals surface area contributed by atoms with Gasteiger partial charge in [-0.3, -0.25) is 0 Å². The minimum atomic E-state index is 0.569. The standard InChI is InChI=1S/C20H22S/c1-13(2)16-8-7-14(3)20-17(10-15(4)19(20)12-16)11-18-6-5-9-21-18/h5-9,11-13H,10H2,1-4H3/b17-11+. The van der Waals surface area contributed by atoms with Crippen molar-refractivity contribution < 1.29 is 0 Å². The van der Waals surface area contributed by atoms with Crippen molar-refractivity contribution in [2.24, 2.45) is 5.92 Å². The second-order valence-corrected chi connectivity index (χ2v) is 7.23. The molecule has 2 aliphatic rings. The van der Waals surface area contributed by atoms with Crippen LogP contribution in [0.4, 0.5) is 0 Å². The van der Waals surface area contributed by atoms with Crippen LogP contribution in [-0.2, 0) is 0 Å². The highest BCUT2D eigenvalue weighted by Crippen LogP contribution is 2.42. The van der Waals surface area contributed by atoms with E-state index in [1.807, 2.05) is 11.3 Å². The molecule has 0 fully saturated rings. The van der Waals surface area contributed by atoms with E-state index in [1.165, 1.54) is 38.3 Å². The summed E-state index contributed by atoms with van der Waals surface area (Å²) in [4.78, 5) is 1.35. The smallest absolute Gasteiger partial charge is 0.0273 e. The second kappa shape index (κ2) is 5.65. The first-order valence-electron chi connectivity index (χ1n) is 7.61. The third kappa shape index (κ3) is 2.75. The van der Waals surface area contributed by atoms with E-state index in [-0.39, 0.29) is 0 Å². The summed E-state index contributed by atoms with van der Waals surface area (Å²) in [5, 5.41) is 2.15. The first-order chi connectivity index (χ1) is 10.1. The largest absolute Gasteiger partial charge is 0.144 e. The van der Waals surface area contributed by atoms with Gasteiger partial charge >= 0.3 is 0 Å². The Morgan fingerprint density at radius 1 is 1.19 bits per heavy atom. The molecule has 1 heterocycles. The van der Waals surface area contributed by atoms with Crippen LogP contribution in [0.3, 0.4) is 0 Å². The Balaban J connectivity index is 2.09. The zero-order chi connectivity index (χ0) is 15.0. The number of hydrogen-bond acceptors (Lipinski definition) is 1. The zero-order valence-corrected chi connectivity index (χ0v) is 14.1. The van der Waals surface area contributed by atoms with E-state index in [1.54, 1.807) is 0 Å². The van der Waals surface area contributed by atoms with Crippen LogP contribution in [0.2, 0.25) is 0 Å². The van der Waals surface area contributed by atoms with E-state index >= 15 is 0 Å². The number of fused-ring (bicyclic) bond motifs is 1. The zero-order valence-electron chi connectivity index (χ0n) is 13.2. The maximum absolute atomic E-state index is 2.40. The van der Waals surface area contributed by atoms with Crippen molar-refractivity contribution in [3.8, 4) is 0 Å². The highest BCUT2D eigenvalue weighted by molar-refractivity contribution is 7.10. The lowest BCUT2D eigenvalue weighted by molar-refractivity contribution is 0.791. The van der Waals surface area contributed by atoms with E-state index in [4.69, 9.17) is 0 Å².